The first-order chi connectivity index (χ1) is 16.2. The van der Waals surface area contributed by atoms with Crippen molar-refractivity contribution in [2.75, 3.05) is 18.6 Å². The summed E-state index contributed by atoms with van der Waals surface area (Å²) in [7, 11) is 0. The zero-order chi connectivity index (χ0) is 24.5. The standard InChI is InChI=1S/C26H40N2O5S/c1-25-11-8-17(28-33-15-23(30)27-21(24(31)32)10-13-34-3)14-16(25)4-5-18-19-6-7-22(29)26(19,2)12-9-20(18)25/h14,18-22,29H,4-13,15H2,1-3H3,(H,27,30)(H,31,32)/b28-17+/t18?,19?,20?,21?,22?,25-,26-/m0/s1. The van der Waals surface area contributed by atoms with E-state index in [0.717, 1.165) is 44.2 Å². The van der Waals surface area contributed by atoms with Gasteiger partial charge in [0, 0.05) is 0 Å². The lowest BCUT2D eigenvalue weighted by Gasteiger charge is -2.57. The summed E-state index contributed by atoms with van der Waals surface area (Å²) < 4.78 is 0. The Morgan fingerprint density at radius 1 is 1.21 bits per heavy atom. The Bertz CT molecular complexity index is 860. The van der Waals surface area contributed by atoms with Crippen LogP contribution in [0.5, 0.6) is 0 Å². The molecule has 7 atom stereocenters. The number of carboxylic acids is 1. The molecular weight excluding hydrogens is 452 g/mol. The minimum absolute atomic E-state index is 0.101. The third kappa shape index (κ3) is 4.77. The zero-order valence-electron chi connectivity index (χ0n) is 20.7. The number of allylic oxidation sites excluding steroid dienone is 2. The van der Waals surface area contributed by atoms with Gasteiger partial charge in [0.05, 0.1) is 11.8 Å². The highest BCUT2D eigenvalue weighted by Gasteiger charge is 2.58. The van der Waals surface area contributed by atoms with Crippen molar-refractivity contribution in [1.82, 2.24) is 5.32 Å². The van der Waals surface area contributed by atoms with Crippen LogP contribution < -0.4 is 5.32 Å². The summed E-state index contributed by atoms with van der Waals surface area (Å²) in [6.07, 6.45) is 12.9. The molecule has 0 saturated heterocycles. The lowest BCUT2D eigenvalue weighted by atomic mass is 9.47. The largest absolute Gasteiger partial charge is 0.480 e. The molecule has 0 heterocycles. The molecule has 7 nitrogen and oxygen atoms in total. The number of amides is 1. The van der Waals surface area contributed by atoms with E-state index in [-0.39, 0.29) is 23.5 Å². The molecular formula is C26H40N2O5S. The molecule has 0 aliphatic heterocycles. The second kappa shape index (κ2) is 10.2. The number of rotatable bonds is 8. The molecule has 1 amide bonds. The highest BCUT2D eigenvalue weighted by Crippen LogP contribution is 2.65. The Kier molecular flexibility index (Phi) is 7.67. The van der Waals surface area contributed by atoms with Crippen molar-refractivity contribution in [2.24, 2.45) is 33.7 Å². The van der Waals surface area contributed by atoms with E-state index < -0.39 is 17.9 Å². The molecule has 0 radical (unpaired) electrons. The van der Waals surface area contributed by atoms with Crippen LogP contribution >= 0.6 is 11.8 Å². The summed E-state index contributed by atoms with van der Waals surface area (Å²) in [4.78, 5) is 28.8. The van der Waals surface area contributed by atoms with Gasteiger partial charge in [0.2, 0.25) is 0 Å². The average molecular weight is 493 g/mol. The summed E-state index contributed by atoms with van der Waals surface area (Å²) in [6.45, 7) is 4.47. The molecule has 4 aliphatic carbocycles. The molecule has 5 unspecified atom stereocenters. The molecule has 4 aliphatic rings. The minimum Gasteiger partial charge on any atom is -0.480 e. The molecule has 0 aromatic carbocycles. The first-order valence-electron chi connectivity index (χ1n) is 12.8. The molecule has 0 aromatic heterocycles. The number of hydrogen-bond acceptors (Lipinski definition) is 6. The van der Waals surface area contributed by atoms with E-state index in [1.807, 2.05) is 6.26 Å². The third-order valence-corrected chi connectivity index (χ3v) is 10.2. The van der Waals surface area contributed by atoms with Crippen LogP contribution in [0.15, 0.2) is 16.8 Å². The highest BCUT2D eigenvalue weighted by atomic mass is 32.2. The van der Waals surface area contributed by atoms with Gasteiger partial charge < -0.3 is 20.4 Å². The highest BCUT2D eigenvalue weighted by molar-refractivity contribution is 7.98. The molecule has 3 saturated carbocycles. The molecule has 190 valence electrons. The van der Waals surface area contributed by atoms with Crippen molar-refractivity contribution in [3.63, 3.8) is 0 Å². The van der Waals surface area contributed by atoms with E-state index in [9.17, 15) is 19.8 Å². The first-order valence-corrected chi connectivity index (χ1v) is 14.2. The molecule has 0 spiro atoms. The van der Waals surface area contributed by atoms with Gasteiger partial charge in [-0.1, -0.05) is 24.6 Å². The van der Waals surface area contributed by atoms with E-state index in [4.69, 9.17) is 4.84 Å². The van der Waals surface area contributed by atoms with E-state index in [0.29, 0.717) is 29.9 Å². The fraction of sp³-hybridized carbons (Fsp3) is 0.808. The monoisotopic (exact) mass is 492 g/mol. The Balaban J connectivity index is 1.36. The molecule has 34 heavy (non-hydrogen) atoms. The van der Waals surface area contributed by atoms with Gasteiger partial charge >= 0.3 is 5.97 Å². The Morgan fingerprint density at radius 2 is 2.00 bits per heavy atom. The predicted molar refractivity (Wildman–Crippen MR) is 134 cm³/mol. The van der Waals surface area contributed by atoms with Crippen molar-refractivity contribution in [3.8, 4) is 0 Å². The van der Waals surface area contributed by atoms with Gasteiger partial charge in [-0.05, 0) is 104 Å². The van der Waals surface area contributed by atoms with Crippen LogP contribution in [-0.2, 0) is 14.4 Å². The molecule has 0 aromatic rings. The molecule has 3 N–H and O–H groups in total. The van der Waals surface area contributed by atoms with Crippen molar-refractivity contribution in [1.29, 1.82) is 0 Å². The Labute approximate surface area is 207 Å². The number of thioether (sulfide) groups is 1. The van der Waals surface area contributed by atoms with Crippen LogP contribution in [-0.4, -0.2) is 58.6 Å². The van der Waals surface area contributed by atoms with Gasteiger partial charge in [-0.2, -0.15) is 11.8 Å². The fourth-order valence-corrected chi connectivity index (χ4v) is 7.99. The third-order valence-electron chi connectivity index (χ3n) is 9.55. The second-order valence-electron chi connectivity index (χ2n) is 11.2. The number of carbonyl (C=O) groups excluding carboxylic acids is 1. The van der Waals surface area contributed by atoms with Crippen LogP contribution in [0.2, 0.25) is 0 Å². The topological polar surface area (TPSA) is 108 Å². The van der Waals surface area contributed by atoms with E-state index >= 15 is 0 Å². The summed E-state index contributed by atoms with van der Waals surface area (Å²) in [6, 6.07) is -0.901. The van der Waals surface area contributed by atoms with Crippen LogP contribution in [0, 0.1) is 28.6 Å². The number of carbonyl (C=O) groups is 2. The number of nitrogens with zero attached hydrogens (tertiary/aromatic N) is 1. The lowest BCUT2D eigenvalue weighted by molar-refractivity contribution is -0.142. The number of oxime groups is 1. The zero-order valence-corrected chi connectivity index (χ0v) is 21.5. The number of aliphatic hydroxyl groups is 1. The lowest BCUT2D eigenvalue weighted by Crippen LogP contribution is -2.51. The maximum absolute atomic E-state index is 12.1. The number of aliphatic carboxylic acids is 1. The van der Waals surface area contributed by atoms with Gasteiger partial charge in [-0.15, -0.1) is 0 Å². The SMILES string of the molecule is CSCCC(NC(=O)CO/N=C1/C=C2CCC3C4CCC(O)[C@@]4(C)CCC3[C@@]2(C)CC1)C(=O)O. The first kappa shape index (κ1) is 25.5. The fourth-order valence-electron chi connectivity index (χ4n) is 7.52. The average Bonchev–Trinajstić information content (AvgIpc) is 3.11. The molecule has 8 heteroatoms. The number of carboxylic acid groups (broad SMARTS) is 1. The van der Waals surface area contributed by atoms with Gasteiger partial charge in [0.15, 0.2) is 6.61 Å². The summed E-state index contributed by atoms with van der Waals surface area (Å²) >= 11 is 1.55. The minimum atomic E-state index is -1.03. The Morgan fingerprint density at radius 3 is 2.74 bits per heavy atom. The van der Waals surface area contributed by atoms with Crippen LogP contribution in [0.4, 0.5) is 0 Å². The maximum atomic E-state index is 12.1. The molecule has 3 fully saturated rings. The van der Waals surface area contributed by atoms with E-state index in [2.05, 4.69) is 30.4 Å². The number of aliphatic hydroxyl groups excluding tert-OH is 1. The molecule has 4 rings (SSSR count). The normalized spacial score (nSPS) is 38.8. The van der Waals surface area contributed by atoms with Crippen molar-refractivity contribution < 1.29 is 24.6 Å². The van der Waals surface area contributed by atoms with E-state index in [1.165, 1.54) is 18.4 Å². The predicted octanol–water partition coefficient (Wildman–Crippen LogP) is 4.01. The van der Waals surface area contributed by atoms with Crippen molar-refractivity contribution >= 4 is 29.4 Å². The number of nitrogens with one attached hydrogen (secondary N) is 1. The summed E-state index contributed by atoms with van der Waals surface area (Å²) in [5, 5.41) is 26.6. The quantitative estimate of drug-likeness (QED) is 0.442. The smallest absolute Gasteiger partial charge is 0.326 e. The van der Waals surface area contributed by atoms with Gasteiger partial charge in [0.1, 0.15) is 6.04 Å². The van der Waals surface area contributed by atoms with Crippen molar-refractivity contribution in [2.45, 2.75) is 83.8 Å². The van der Waals surface area contributed by atoms with Gasteiger partial charge in [0.25, 0.3) is 5.91 Å². The second-order valence-corrected chi connectivity index (χ2v) is 12.2. The van der Waals surface area contributed by atoms with E-state index in [1.54, 1.807) is 11.8 Å². The van der Waals surface area contributed by atoms with Crippen LogP contribution in [0.3, 0.4) is 0 Å². The van der Waals surface area contributed by atoms with Crippen LogP contribution in [0.1, 0.15) is 71.6 Å². The van der Waals surface area contributed by atoms with Gasteiger partial charge in [-0.3, -0.25) is 4.79 Å². The molecule has 0 bridgehead atoms. The maximum Gasteiger partial charge on any atom is 0.326 e. The van der Waals surface area contributed by atoms with Crippen molar-refractivity contribution in [3.05, 3.63) is 11.6 Å². The summed E-state index contributed by atoms with van der Waals surface area (Å²) in [5.74, 6) is 1.17. The number of hydrogen-bond donors (Lipinski definition) is 3. The number of fused-ring (bicyclic) bond motifs is 5. The van der Waals surface area contributed by atoms with Crippen LogP contribution in [0.25, 0.3) is 0 Å². The Hall–Kier alpha value is -1.54. The summed E-state index contributed by atoms with van der Waals surface area (Å²) in [5.41, 5.74) is 2.61. The van der Waals surface area contributed by atoms with Gasteiger partial charge in [-0.25, -0.2) is 4.79 Å².